The van der Waals surface area contributed by atoms with Gasteiger partial charge in [-0.2, -0.15) is 0 Å². The number of oxazole rings is 1. The summed E-state index contributed by atoms with van der Waals surface area (Å²) in [4.78, 5) is 4.07. The van der Waals surface area contributed by atoms with E-state index in [0.29, 0.717) is 0 Å². The second kappa shape index (κ2) is 2.94. The number of rotatable bonds is 0. The van der Waals surface area contributed by atoms with Crippen LogP contribution in [0.5, 0.6) is 0 Å². The smallest absolute Gasteiger partial charge is 0.293 e. The van der Waals surface area contributed by atoms with E-state index in [1.807, 2.05) is 0 Å². The Morgan fingerprint density at radius 1 is 1.45 bits per heavy atom. The summed E-state index contributed by atoms with van der Waals surface area (Å²) in [7, 11) is 0. The summed E-state index contributed by atoms with van der Waals surface area (Å²) in [5.41, 5.74) is 0.927. The SMILES string of the molecule is CC(C)(C)c1nc(Cl)oc1I. The van der Waals surface area contributed by atoms with Gasteiger partial charge < -0.3 is 4.42 Å². The largest absolute Gasteiger partial charge is 0.421 e. The van der Waals surface area contributed by atoms with Crippen LogP contribution >= 0.6 is 34.2 Å². The topological polar surface area (TPSA) is 26.0 Å². The predicted octanol–water partition coefficient (Wildman–Crippen LogP) is 3.23. The van der Waals surface area contributed by atoms with E-state index in [4.69, 9.17) is 16.0 Å². The fourth-order valence-corrected chi connectivity index (χ4v) is 2.17. The van der Waals surface area contributed by atoms with Crippen molar-refractivity contribution in [3.05, 3.63) is 14.8 Å². The molecule has 0 aliphatic rings. The van der Waals surface area contributed by atoms with E-state index < -0.39 is 0 Å². The molecule has 0 unspecified atom stereocenters. The molecule has 0 saturated carbocycles. The summed E-state index contributed by atoms with van der Waals surface area (Å²) >= 11 is 7.68. The molecule has 1 aromatic rings. The highest BCUT2D eigenvalue weighted by Gasteiger charge is 2.22. The van der Waals surface area contributed by atoms with E-state index in [1.165, 1.54) is 0 Å². The second-order valence-electron chi connectivity index (χ2n) is 3.34. The van der Waals surface area contributed by atoms with Gasteiger partial charge in [-0.05, 0) is 11.6 Å². The van der Waals surface area contributed by atoms with Crippen molar-refractivity contribution in [2.75, 3.05) is 0 Å². The van der Waals surface area contributed by atoms with Crippen molar-refractivity contribution in [3.63, 3.8) is 0 Å². The van der Waals surface area contributed by atoms with Crippen molar-refractivity contribution in [3.8, 4) is 0 Å². The van der Waals surface area contributed by atoms with Crippen LogP contribution in [0.15, 0.2) is 4.42 Å². The number of aromatic nitrogens is 1. The summed E-state index contributed by atoms with van der Waals surface area (Å²) in [5, 5.41) is 0.222. The van der Waals surface area contributed by atoms with Crippen LogP contribution in [0.3, 0.4) is 0 Å². The van der Waals surface area contributed by atoms with Crippen LogP contribution in [0.25, 0.3) is 0 Å². The van der Waals surface area contributed by atoms with Gasteiger partial charge in [0.05, 0.1) is 5.69 Å². The van der Waals surface area contributed by atoms with E-state index in [-0.39, 0.29) is 10.8 Å². The monoisotopic (exact) mass is 285 g/mol. The molecule has 11 heavy (non-hydrogen) atoms. The average molecular weight is 286 g/mol. The lowest BCUT2D eigenvalue weighted by Gasteiger charge is -2.13. The van der Waals surface area contributed by atoms with Crippen molar-refractivity contribution in [2.45, 2.75) is 26.2 Å². The van der Waals surface area contributed by atoms with Gasteiger partial charge in [0, 0.05) is 28.0 Å². The Kier molecular flexibility index (Phi) is 2.49. The summed E-state index contributed by atoms with van der Waals surface area (Å²) in [6.07, 6.45) is 0. The normalized spacial score (nSPS) is 12.1. The first-order valence-corrected chi connectivity index (χ1v) is 4.69. The Bertz CT molecular complexity index is 264. The second-order valence-corrected chi connectivity index (χ2v) is 4.64. The zero-order chi connectivity index (χ0) is 8.65. The van der Waals surface area contributed by atoms with E-state index in [1.54, 1.807) is 0 Å². The first-order chi connectivity index (χ1) is 4.91. The maximum Gasteiger partial charge on any atom is 0.293 e. The van der Waals surface area contributed by atoms with Crippen LogP contribution in [0.1, 0.15) is 26.5 Å². The Balaban J connectivity index is 3.13. The third kappa shape index (κ3) is 2.08. The quantitative estimate of drug-likeness (QED) is 0.684. The minimum atomic E-state index is 0.00711. The van der Waals surface area contributed by atoms with Gasteiger partial charge in [0.15, 0.2) is 3.77 Å². The highest BCUT2D eigenvalue weighted by Crippen LogP contribution is 2.28. The van der Waals surface area contributed by atoms with Gasteiger partial charge in [-0.25, -0.2) is 4.98 Å². The lowest BCUT2D eigenvalue weighted by molar-refractivity contribution is 0.511. The van der Waals surface area contributed by atoms with Gasteiger partial charge in [0.1, 0.15) is 0 Å². The summed E-state index contributed by atoms with van der Waals surface area (Å²) in [6.45, 7) is 6.22. The molecular formula is C7H9ClINO. The molecule has 0 atom stereocenters. The summed E-state index contributed by atoms with van der Waals surface area (Å²) in [6, 6.07) is 0. The number of hydrogen-bond donors (Lipinski definition) is 0. The molecule has 0 aliphatic carbocycles. The van der Waals surface area contributed by atoms with Crippen LogP contribution in [-0.4, -0.2) is 4.98 Å². The van der Waals surface area contributed by atoms with Crippen molar-refractivity contribution in [2.24, 2.45) is 0 Å². The van der Waals surface area contributed by atoms with Gasteiger partial charge >= 0.3 is 0 Å². The van der Waals surface area contributed by atoms with Crippen LogP contribution < -0.4 is 0 Å². The third-order valence-corrected chi connectivity index (χ3v) is 2.16. The van der Waals surface area contributed by atoms with Gasteiger partial charge in [-0.3, -0.25) is 0 Å². The van der Waals surface area contributed by atoms with E-state index in [0.717, 1.165) is 9.46 Å². The van der Waals surface area contributed by atoms with Gasteiger partial charge in [0.2, 0.25) is 0 Å². The molecule has 0 spiro atoms. The van der Waals surface area contributed by atoms with Crippen molar-refractivity contribution in [1.29, 1.82) is 0 Å². The molecule has 0 aromatic carbocycles. The van der Waals surface area contributed by atoms with Crippen LogP contribution in [-0.2, 0) is 5.41 Å². The van der Waals surface area contributed by atoms with E-state index >= 15 is 0 Å². The van der Waals surface area contributed by atoms with Crippen LogP contribution in [0.2, 0.25) is 5.35 Å². The molecule has 62 valence electrons. The van der Waals surface area contributed by atoms with Crippen LogP contribution in [0.4, 0.5) is 0 Å². The Hall–Kier alpha value is 0.230. The molecule has 0 saturated heterocycles. The van der Waals surface area contributed by atoms with Crippen LogP contribution in [0, 0.1) is 3.77 Å². The molecule has 0 bridgehead atoms. The standard InChI is InChI=1S/C7H9ClINO/c1-7(2,3)4-5(9)11-6(8)10-4/h1-3H3. The molecule has 0 amide bonds. The molecule has 4 heteroatoms. The number of hydrogen-bond acceptors (Lipinski definition) is 2. The van der Waals surface area contributed by atoms with Gasteiger partial charge in [-0.15, -0.1) is 0 Å². The zero-order valence-electron chi connectivity index (χ0n) is 6.61. The fraction of sp³-hybridized carbons (Fsp3) is 0.571. The minimum Gasteiger partial charge on any atom is -0.421 e. The Morgan fingerprint density at radius 3 is 2.18 bits per heavy atom. The molecule has 0 fully saturated rings. The molecule has 2 nitrogen and oxygen atoms in total. The van der Waals surface area contributed by atoms with Crippen molar-refractivity contribution < 1.29 is 4.42 Å². The molecular weight excluding hydrogens is 276 g/mol. The average Bonchev–Trinajstić information content (AvgIpc) is 2.08. The third-order valence-electron chi connectivity index (χ3n) is 1.27. The molecule has 1 heterocycles. The van der Waals surface area contributed by atoms with E-state index in [2.05, 4.69) is 48.3 Å². The predicted molar refractivity (Wildman–Crippen MR) is 52.9 cm³/mol. The maximum atomic E-state index is 5.59. The first kappa shape index (κ1) is 9.32. The Morgan fingerprint density at radius 2 is 2.00 bits per heavy atom. The highest BCUT2D eigenvalue weighted by molar-refractivity contribution is 14.1. The molecule has 1 aromatic heterocycles. The Labute approximate surface area is 84.5 Å². The minimum absolute atomic E-state index is 0.00711. The van der Waals surface area contributed by atoms with Gasteiger partial charge in [-0.1, -0.05) is 20.8 Å². The maximum absolute atomic E-state index is 5.59. The molecule has 1 rings (SSSR count). The summed E-state index contributed by atoms with van der Waals surface area (Å²) in [5.74, 6) is 0. The molecule has 0 aliphatic heterocycles. The van der Waals surface area contributed by atoms with Crippen molar-refractivity contribution in [1.82, 2.24) is 4.98 Å². The fourth-order valence-electron chi connectivity index (χ4n) is 0.739. The molecule has 0 radical (unpaired) electrons. The molecule has 0 N–H and O–H groups in total. The lowest BCUT2D eigenvalue weighted by Crippen LogP contribution is -2.12. The highest BCUT2D eigenvalue weighted by atomic mass is 127. The lowest BCUT2D eigenvalue weighted by atomic mass is 9.93. The van der Waals surface area contributed by atoms with Crippen molar-refractivity contribution >= 4 is 34.2 Å². The summed E-state index contributed by atoms with van der Waals surface area (Å²) < 4.78 is 5.86. The number of halogens is 2. The zero-order valence-corrected chi connectivity index (χ0v) is 9.52. The van der Waals surface area contributed by atoms with E-state index in [9.17, 15) is 0 Å². The number of nitrogens with zero attached hydrogens (tertiary/aromatic N) is 1. The van der Waals surface area contributed by atoms with Gasteiger partial charge in [0.25, 0.3) is 5.35 Å². The first-order valence-electron chi connectivity index (χ1n) is 3.23.